The second kappa shape index (κ2) is 8.72. The summed E-state index contributed by atoms with van der Waals surface area (Å²) < 4.78 is 5.30. The average Bonchev–Trinajstić information content (AvgIpc) is 2.64. The number of pyridine rings is 1. The number of nitrogens with two attached hydrogens (primary N) is 2. The molecule has 1 aromatic carbocycles. The van der Waals surface area contributed by atoms with Crippen molar-refractivity contribution in [2.45, 2.75) is 5.03 Å². The molecule has 0 radical (unpaired) electrons. The second-order valence-electron chi connectivity index (χ2n) is 5.00. The van der Waals surface area contributed by atoms with Crippen LogP contribution in [-0.4, -0.2) is 35.0 Å². The van der Waals surface area contributed by atoms with E-state index in [1.54, 1.807) is 24.3 Å². The minimum Gasteiger partial charge on any atom is -0.491 e. The minimum atomic E-state index is -0.560. The average molecular weight is 369 g/mol. The number of ether oxygens (including phenoxy) is 1. The Kier molecular flexibility index (Phi) is 6.39. The van der Waals surface area contributed by atoms with E-state index in [1.807, 2.05) is 12.1 Å². The number of nitrogen functional groups attached to an aromatic ring is 1. The number of thioether (sulfide) groups is 1. The van der Waals surface area contributed by atoms with Crippen LogP contribution in [0.25, 0.3) is 11.1 Å². The van der Waals surface area contributed by atoms with Crippen molar-refractivity contribution >= 4 is 23.5 Å². The summed E-state index contributed by atoms with van der Waals surface area (Å²) in [5.41, 5.74) is 12.1. The number of rotatable bonds is 7. The molecule has 1 aromatic heterocycles. The van der Waals surface area contributed by atoms with E-state index in [4.69, 9.17) is 21.3 Å². The van der Waals surface area contributed by atoms with Crippen molar-refractivity contribution in [2.24, 2.45) is 5.73 Å². The van der Waals surface area contributed by atoms with Gasteiger partial charge in [0, 0.05) is 5.56 Å². The molecule has 0 aliphatic rings. The topological polar surface area (TPSA) is 159 Å². The Hall–Kier alpha value is -3.27. The molecule has 5 N–H and O–H groups in total. The van der Waals surface area contributed by atoms with Crippen molar-refractivity contribution in [3.05, 3.63) is 35.4 Å². The molecule has 0 aliphatic carbocycles. The molecule has 132 valence electrons. The molecular weight excluding hydrogens is 354 g/mol. The first-order valence-corrected chi connectivity index (χ1v) is 8.39. The van der Waals surface area contributed by atoms with Gasteiger partial charge >= 0.3 is 0 Å². The fourth-order valence-electron chi connectivity index (χ4n) is 2.21. The SMILES string of the molecule is N#Cc1c(N)nc(SCC(N)=O)c(C#N)c1-c1ccc(OCCO)cc1. The maximum atomic E-state index is 11.0. The summed E-state index contributed by atoms with van der Waals surface area (Å²) in [7, 11) is 0. The monoisotopic (exact) mass is 369 g/mol. The van der Waals surface area contributed by atoms with Crippen LogP contribution in [0.3, 0.4) is 0 Å². The first-order chi connectivity index (χ1) is 12.5. The molecule has 0 aliphatic heterocycles. The molecule has 0 bridgehead atoms. The fourth-order valence-corrected chi connectivity index (χ4v) is 2.95. The van der Waals surface area contributed by atoms with Crippen molar-refractivity contribution < 1.29 is 14.6 Å². The molecule has 9 heteroatoms. The van der Waals surface area contributed by atoms with Gasteiger partial charge in [0.05, 0.1) is 17.9 Å². The van der Waals surface area contributed by atoms with Crippen LogP contribution < -0.4 is 16.2 Å². The van der Waals surface area contributed by atoms with E-state index in [0.717, 1.165) is 11.8 Å². The zero-order valence-corrected chi connectivity index (χ0v) is 14.4. The van der Waals surface area contributed by atoms with Crippen molar-refractivity contribution in [1.29, 1.82) is 10.5 Å². The normalized spacial score (nSPS) is 9.96. The third kappa shape index (κ3) is 4.22. The second-order valence-corrected chi connectivity index (χ2v) is 5.97. The largest absolute Gasteiger partial charge is 0.491 e. The smallest absolute Gasteiger partial charge is 0.227 e. The predicted molar refractivity (Wildman–Crippen MR) is 96.0 cm³/mol. The van der Waals surface area contributed by atoms with Crippen LogP contribution in [0.5, 0.6) is 5.75 Å². The lowest BCUT2D eigenvalue weighted by Crippen LogP contribution is -2.14. The fraction of sp³-hybridized carbons (Fsp3) is 0.176. The molecule has 1 amide bonds. The number of aliphatic hydroxyl groups is 1. The van der Waals surface area contributed by atoms with Crippen molar-refractivity contribution in [3.8, 4) is 29.0 Å². The first-order valence-electron chi connectivity index (χ1n) is 7.40. The van der Waals surface area contributed by atoms with Crippen LogP contribution in [0.2, 0.25) is 0 Å². The number of amides is 1. The lowest BCUT2D eigenvalue weighted by Gasteiger charge is -2.13. The number of hydrogen-bond donors (Lipinski definition) is 3. The third-order valence-electron chi connectivity index (χ3n) is 3.27. The van der Waals surface area contributed by atoms with Crippen LogP contribution in [0, 0.1) is 22.7 Å². The van der Waals surface area contributed by atoms with Crippen molar-refractivity contribution in [3.63, 3.8) is 0 Å². The van der Waals surface area contributed by atoms with Crippen molar-refractivity contribution in [1.82, 2.24) is 4.98 Å². The number of carbonyl (C=O) groups is 1. The maximum absolute atomic E-state index is 11.0. The van der Waals surface area contributed by atoms with Gasteiger partial charge in [-0.05, 0) is 17.7 Å². The van der Waals surface area contributed by atoms with E-state index in [0.29, 0.717) is 16.9 Å². The third-order valence-corrected chi connectivity index (χ3v) is 4.27. The number of aliphatic hydroxyl groups excluding tert-OH is 1. The van der Waals surface area contributed by atoms with Gasteiger partial charge in [-0.25, -0.2) is 4.98 Å². The van der Waals surface area contributed by atoms with Gasteiger partial charge in [0.25, 0.3) is 0 Å². The Morgan fingerprint density at radius 2 is 1.88 bits per heavy atom. The summed E-state index contributed by atoms with van der Waals surface area (Å²) >= 11 is 0.986. The van der Waals surface area contributed by atoms with Gasteiger partial charge in [0.1, 0.15) is 40.9 Å². The van der Waals surface area contributed by atoms with E-state index in [9.17, 15) is 15.3 Å². The summed E-state index contributed by atoms with van der Waals surface area (Å²) in [4.78, 5) is 15.1. The number of nitrogens with zero attached hydrogens (tertiary/aromatic N) is 3. The van der Waals surface area contributed by atoms with Gasteiger partial charge < -0.3 is 21.3 Å². The number of hydrogen-bond acceptors (Lipinski definition) is 8. The van der Waals surface area contributed by atoms with Gasteiger partial charge in [-0.1, -0.05) is 23.9 Å². The summed E-state index contributed by atoms with van der Waals surface area (Å²) in [5, 5.41) is 28.1. The highest BCUT2D eigenvalue weighted by atomic mass is 32.2. The molecule has 0 unspecified atom stereocenters. The highest BCUT2D eigenvalue weighted by Gasteiger charge is 2.20. The molecule has 0 atom stereocenters. The maximum Gasteiger partial charge on any atom is 0.227 e. The van der Waals surface area contributed by atoms with E-state index >= 15 is 0 Å². The van der Waals surface area contributed by atoms with Gasteiger partial charge in [-0.2, -0.15) is 10.5 Å². The Balaban J connectivity index is 2.56. The highest BCUT2D eigenvalue weighted by molar-refractivity contribution is 8.00. The van der Waals surface area contributed by atoms with E-state index in [2.05, 4.69) is 4.98 Å². The van der Waals surface area contributed by atoms with Gasteiger partial charge in [-0.15, -0.1) is 0 Å². The summed E-state index contributed by atoms with van der Waals surface area (Å²) in [5.74, 6) is -0.129. The molecule has 1 heterocycles. The van der Waals surface area contributed by atoms with Gasteiger partial charge in [0.15, 0.2) is 0 Å². The van der Waals surface area contributed by atoms with E-state index < -0.39 is 5.91 Å². The van der Waals surface area contributed by atoms with Crippen LogP contribution in [0.15, 0.2) is 29.3 Å². The molecular formula is C17H15N5O3S. The number of anilines is 1. The Morgan fingerprint density at radius 1 is 1.23 bits per heavy atom. The molecule has 0 saturated carbocycles. The Bertz CT molecular complexity index is 901. The zero-order valence-electron chi connectivity index (χ0n) is 13.6. The summed E-state index contributed by atoms with van der Waals surface area (Å²) in [6.45, 7) is 0.0442. The lowest BCUT2D eigenvalue weighted by atomic mass is 9.97. The number of nitriles is 2. The lowest BCUT2D eigenvalue weighted by molar-refractivity contribution is -0.115. The molecule has 2 rings (SSSR count). The predicted octanol–water partition coefficient (Wildman–Crippen LogP) is 1.02. The van der Waals surface area contributed by atoms with Gasteiger partial charge in [-0.3, -0.25) is 4.79 Å². The molecule has 8 nitrogen and oxygen atoms in total. The molecule has 0 saturated heterocycles. The quantitative estimate of drug-likeness (QED) is 0.610. The Labute approximate surface area is 154 Å². The molecule has 0 spiro atoms. The Morgan fingerprint density at radius 3 is 2.42 bits per heavy atom. The minimum absolute atomic E-state index is 0.0333. The van der Waals surface area contributed by atoms with Gasteiger partial charge in [0.2, 0.25) is 5.91 Å². The van der Waals surface area contributed by atoms with Crippen LogP contribution in [0.1, 0.15) is 11.1 Å². The van der Waals surface area contributed by atoms with E-state index in [-0.39, 0.29) is 40.9 Å². The van der Waals surface area contributed by atoms with Crippen LogP contribution >= 0.6 is 11.8 Å². The number of aromatic nitrogens is 1. The van der Waals surface area contributed by atoms with Crippen molar-refractivity contribution in [2.75, 3.05) is 24.7 Å². The highest BCUT2D eigenvalue weighted by Crippen LogP contribution is 2.36. The summed E-state index contributed by atoms with van der Waals surface area (Å²) in [6.07, 6.45) is 0. The zero-order chi connectivity index (χ0) is 19.1. The number of benzene rings is 1. The van der Waals surface area contributed by atoms with E-state index in [1.165, 1.54) is 0 Å². The number of carbonyl (C=O) groups excluding carboxylic acids is 1. The molecule has 2 aromatic rings. The number of primary amides is 1. The molecule has 0 fully saturated rings. The molecule has 26 heavy (non-hydrogen) atoms. The van der Waals surface area contributed by atoms with Crippen LogP contribution in [-0.2, 0) is 4.79 Å². The summed E-state index contributed by atoms with van der Waals surface area (Å²) in [6, 6.07) is 10.7. The first kappa shape index (κ1) is 19.1. The standard InChI is InChI=1S/C17H15N5O3S/c18-7-12-15(10-1-3-11(4-2-10)25-6-5-23)13(8-19)17(22-16(12)21)26-9-14(20)24/h1-4,23H,5-6,9H2,(H2,20,24)(H2,21,22). The van der Waals surface area contributed by atoms with Crippen LogP contribution in [0.4, 0.5) is 5.82 Å².